The van der Waals surface area contributed by atoms with Crippen molar-refractivity contribution >= 4 is 29.0 Å². The van der Waals surface area contributed by atoms with E-state index in [0.717, 1.165) is 29.0 Å². The van der Waals surface area contributed by atoms with Crippen LogP contribution in [0, 0.1) is 6.92 Å². The lowest BCUT2D eigenvalue weighted by molar-refractivity contribution is 0.0923. The van der Waals surface area contributed by atoms with E-state index in [9.17, 15) is 9.59 Å². The second-order valence-corrected chi connectivity index (χ2v) is 6.88. The first kappa shape index (κ1) is 16.5. The third kappa shape index (κ3) is 3.94. The molecule has 1 aliphatic rings. The lowest BCUT2D eigenvalue weighted by Crippen LogP contribution is -2.47. The summed E-state index contributed by atoms with van der Waals surface area (Å²) in [6.45, 7) is 3.24. The van der Waals surface area contributed by atoms with Crippen molar-refractivity contribution in [2.45, 2.75) is 25.8 Å². The normalized spacial score (nSPS) is 15.1. The number of likely N-dealkylation sites (tertiary alicyclic amines) is 1. The molecule has 0 radical (unpaired) electrons. The van der Waals surface area contributed by atoms with Crippen LogP contribution in [0.2, 0.25) is 0 Å². The predicted molar refractivity (Wildman–Crippen MR) is 96.6 cm³/mol. The number of nitrogens with one attached hydrogen (secondary N) is 2. The lowest BCUT2D eigenvalue weighted by Gasteiger charge is -2.32. The van der Waals surface area contributed by atoms with Crippen molar-refractivity contribution in [1.29, 1.82) is 0 Å². The van der Waals surface area contributed by atoms with Gasteiger partial charge in [0.15, 0.2) is 0 Å². The maximum Gasteiger partial charge on any atom is 0.321 e. The van der Waals surface area contributed by atoms with Crippen molar-refractivity contribution < 1.29 is 9.59 Å². The molecule has 0 aliphatic carbocycles. The fourth-order valence-electron chi connectivity index (χ4n) is 2.81. The quantitative estimate of drug-likeness (QED) is 0.896. The Morgan fingerprint density at radius 2 is 1.83 bits per heavy atom. The minimum absolute atomic E-state index is 0.00492. The van der Waals surface area contributed by atoms with Crippen molar-refractivity contribution in [1.82, 2.24) is 10.2 Å². The average molecular weight is 343 g/mol. The van der Waals surface area contributed by atoms with E-state index >= 15 is 0 Å². The van der Waals surface area contributed by atoms with E-state index in [0.29, 0.717) is 13.1 Å². The third-order valence-electron chi connectivity index (χ3n) is 4.21. The van der Waals surface area contributed by atoms with Crippen LogP contribution in [0.4, 0.5) is 10.5 Å². The Morgan fingerprint density at radius 3 is 2.46 bits per heavy atom. The molecule has 1 aliphatic heterocycles. The van der Waals surface area contributed by atoms with Gasteiger partial charge in [0.05, 0.1) is 4.88 Å². The summed E-state index contributed by atoms with van der Waals surface area (Å²) in [7, 11) is 0. The van der Waals surface area contributed by atoms with Crippen LogP contribution in [0.5, 0.6) is 0 Å². The lowest BCUT2D eigenvalue weighted by atomic mass is 10.1. The highest BCUT2D eigenvalue weighted by Crippen LogP contribution is 2.18. The number of benzene rings is 1. The molecular weight excluding hydrogens is 322 g/mol. The van der Waals surface area contributed by atoms with E-state index in [1.807, 2.05) is 48.7 Å². The Bertz CT molecular complexity index is 706. The largest absolute Gasteiger partial charge is 0.348 e. The number of thiophene rings is 1. The summed E-state index contributed by atoms with van der Waals surface area (Å²) in [6, 6.07) is 11.4. The van der Waals surface area contributed by atoms with Gasteiger partial charge in [-0.25, -0.2) is 4.79 Å². The minimum Gasteiger partial charge on any atom is -0.348 e. The molecule has 0 unspecified atom stereocenters. The second-order valence-electron chi connectivity index (χ2n) is 5.96. The first-order chi connectivity index (χ1) is 11.6. The predicted octanol–water partition coefficient (Wildman–Crippen LogP) is 3.48. The van der Waals surface area contributed by atoms with Crippen LogP contribution >= 0.6 is 11.3 Å². The van der Waals surface area contributed by atoms with E-state index in [2.05, 4.69) is 10.6 Å². The SMILES string of the molecule is Cc1ccsc1C(=O)NC1CCN(C(=O)Nc2ccccc2)CC1. The van der Waals surface area contributed by atoms with Gasteiger partial charge in [0.25, 0.3) is 5.91 Å². The number of hydrogen-bond acceptors (Lipinski definition) is 3. The standard InChI is InChI=1S/C18H21N3O2S/c1-13-9-12-24-16(13)17(22)19-15-7-10-21(11-8-15)18(23)20-14-5-3-2-4-6-14/h2-6,9,12,15H,7-8,10-11H2,1H3,(H,19,22)(H,20,23). The highest BCUT2D eigenvalue weighted by atomic mass is 32.1. The molecule has 1 aromatic carbocycles. The monoisotopic (exact) mass is 343 g/mol. The summed E-state index contributed by atoms with van der Waals surface area (Å²) in [6.07, 6.45) is 1.55. The Kier molecular flexibility index (Phi) is 5.15. The van der Waals surface area contributed by atoms with Crippen LogP contribution in [0.1, 0.15) is 28.1 Å². The maximum absolute atomic E-state index is 12.3. The summed E-state index contributed by atoms with van der Waals surface area (Å²) in [5, 5.41) is 7.91. The zero-order chi connectivity index (χ0) is 16.9. The van der Waals surface area contributed by atoms with Crippen LogP contribution in [-0.4, -0.2) is 36.0 Å². The van der Waals surface area contributed by atoms with Gasteiger partial charge in [-0.05, 0) is 48.9 Å². The number of urea groups is 1. The summed E-state index contributed by atoms with van der Waals surface area (Å²) in [4.78, 5) is 27.1. The van der Waals surface area contributed by atoms with Gasteiger partial charge in [0, 0.05) is 24.8 Å². The first-order valence-electron chi connectivity index (χ1n) is 8.09. The fourth-order valence-corrected chi connectivity index (χ4v) is 3.64. The molecule has 2 N–H and O–H groups in total. The van der Waals surface area contributed by atoms with Crippen molar-refractivity contribution in [3.8, 4) is 0 Å². The minimum atomic E-state index is -0.0833. The van der Waals surface area contributed by atoms with Crippen molar-refractivity contribution in [3.05, 3.63) is 52.2 Å². The van der Waals surface area contributed by atoms with E-state index < -0.39 is 0 Å². The molecular formula is C18H21N3O2S. The average Bonchev–Trinajstić information content (AvgIpc) is 3.02. The Balaban J connectivity index is 1.48. The van der Waals surface area contributed by atoms with Crippen LogP contribution in [0.15, 0.2) is 41.8 Å². The molecule has 24 heavy (non-hydrogen) atoms. The third-order valence-corrected chi connectivity index (χ3v) is 5.23. The Hall–Kier alpha value is -2.34. The van der Waals surface area contributed by atoms with Crippen molar-refractivity contribution in [3.63, 3.8) is 0 Å². The van der Waals surface area contributed by atoms with Gasteiger partial charge in [-0.3, -0.25) is 4.79 Å². The number of hydrogen-bond donors (Lipinski definition) is 2. The molecule has 0 atom stereocenters. The number of nitrogens with zero attached hydrogens (tertiary/aromatic N) is 1. The molecule has 3 rings (SSSR count). The molecule has 0 bridgehead atoms. The smallest absolute Gasteiger partial charge is 0.321 e. The van der Waals surface area contributed by atoms with Gasteiger partial charge >= 0.3 is 6.03 Å². The van der Waals surface area contributed by atoms with Crippen LogP contribution in [0.3, 0.4) is 0 Å². The van der Waals surface area contributed by atoms with E-state index in [4.69, 9.17) is 0 Å². The summed E-state index contributed by atoms with van der Waals surface area (Å²) in [5.41, 5.74) is 1.81. The second kappa shape index (κ2) is 7.49. The Labute approximate surface area is 145 Å². The van der Waals surface area contributed by atoms with Crippen LogP contribution in [0.25, 0.3) is 0 Å². The number of rotatable bonds is 3. The number of anilines is 1. The maximum atomic E-state index is 12.3. The van der Waals surface area contributed by atoms with Gasteiger partial charge in [0.2, 0.25) is 0 Å². The first-order valence-corrected chi connectivity index (χ1v) is 8.97. The van der Waals surface area contributed by atoms with E-state index in [-0.39, 0.29) is 18.0 Å². The van der Waals surface area contributed by atoms with Gasteiger partial charge < -0.3 is 15.5 Å². The summed E-state index contributed by atoms with van der Waals surface area (Å²) in [5.74, 6) is -0.00492. The summed E-state index contributed by atoms with van der Waals surface area (Å²) < 4.78 is 0. The number of piperidine rings is 1. The molecule has 1 saturated heterocycles. The van der Waals surface area contributed by atoms with E-state index in [1.54, 1.807) is 4.90 Å². The molecule has 0 saturated carbocycles. The highest BCUT2D eigenvalue weighted by Gasteiger charge is 2.24. The molecule has 1 aromatic heterocycles. The van der Waals surface area contributed by atoms with Gasteiger partial charge in [-0.15, -0.1) is 11.3 Å². The molecule has 3 amide bonds. The fraction of sp³-hybridized carbons (Fsp3) is 0.333. The van der Waals surface area contributed by atoms with Crippen LogP contribution < -0.4 is 10.6 Å². The Morgan fingerprint density at radius 1 is 1.12 bits per heavy atom. The number of carbonyl (C=O) groups is 2. The van der Waals surface area contributed by atoms with Gasteiger partial charge in [0.1, 0.15) is 0 Å². The molecule has 0 spiro atoms. The van der Waals surface area contributed by atoms with Gasteiger partial charge in [-0.1, -0.05) is 18.2 Å². The van der Waals surface area contributed by atoms with Crippen LogP contribution in [-0.2, 0) is 0 Å². The summed E-state index contributed by atoms with van der Waals surface area (Å²) >= 11 is 1.47. The molecule has 126 valence electrons. The molecule has 6 heteroatoms. The number of para-hydroxylation sites is 1. The van der Waals surface area contributed by atoms with Crippen molar-refractivity contribution in [2.75, 3.05) is 18.4 Å². The number of aryl methyl sites for hydroxylation is 1. The van der Waals surface area contributed by atoms with E-state index in [1.165, 1.54) is 11.3 Å². The zero-order valence-electron chi connectivity index (χ0n) is 13.6. The van der Waals surface area contributed by atoms with Crippen molar-refractivity contribution in [2.24, 2.45) is 0 Å². The molecule has 1 fully saturated rings. The molecule has 2 aromatic rings. The highest BCUT2D eigenvalue weighted by molar-refractivity contribution is 7.12. The number of amides is 3. The topological polar surface area (TPSA) is 61.4 Å². The number of carbonyl (C=O) groups excluding carboxylic acids is 2. The van der Waals surface area contributed by atoms with Gasteiger partial charge in [-0.2, -0.15) is 0 Å². The molecule has 5 nitrogen and oxygen atoms in total. The zero-order valence-corrected chi connectivity index (χ0v) is 14.4. The molecule has 2 heterocycles.